The molecule has 0 saturated carbocycles. The summed E-state index contributed by atoms with van der Waals surface area (Å²) >= 11 is 0. The molecule has 0 N–H and O–H groups in total. The number of amides is 1. The van der Waals surface area contributed by atoms with Crippen molar-refractivity contribution >= 4 is 17.2 Å². The van der Waals surface area contributed by atoms with E-state index < -0.39 is 0 Å². The van der Waals surface area contributed by atoms with Crippen LogP contribution >= 0.6 is 0 Å². The van der Waals surface area contributed by atoms with Gasteiger partial charge >= 0.3 is 0 Å². The van der Waals surface area contributed by atoms with Gasteiger partial charge in [-0.1, -0.05) is 6.07 Å². The number of nitrogens with zero attached hydrogens (tertiary/aromatic N) is 4. The lowest BCUT2D eigenvalue weighted by molar-refractivity contribution is -0.133. The van der Waals surface area contributed by atoms with E-state index in [0.29, 0.717) is 12.8 Å². The van der Waals surface area contributed by atoms with Crippen LogP contribution in [0.5, 0.6) is 5.75 Å². The number of anilines is 1. The van der Waals surface area contributed by atoms with E-state index in [4.69, 9.17) is 4.74 Å². The molecule has 4 rings (SSSR count). The highest BCUT2D eigenvalue weighted by Crippen LogP contribution is 2.22. The summed E-state index contributed by atoms with van der Waals surface area (Å²) in [6.45, 7) is 4.55. The molecule has 146 valence electrons. The fourth-order valence-corrected chi connectivity index (χ4v) is 3.84. The summed E-state index contributed by atoms with van der Waals surface area (Å²) in [6, 6.07) is 14.2. The van der Waals surface area contributed by atoms with E-state index >= 15 is 0 Å². The van der Waals surface area contributed by atoms with Crippen molar-refractivity contribution in [2.75, 3.05) is 31.6 Å². The molecule has 1 aliphatic heterocycles. The molecule has 0 unspecified atom stereocenters. The highest BCUT2D eigenvalue weighted by atomic mass is 16.5. The number of fused-ring (bicyclic) bond motifs is 1. The smallest absolute Gasteiger partial charge is 0.223 e. The minimum atomic E-state index is 0.185. The summed E-state index contributed by atoms with van der Waals surface area (Å²) in [7, 11) is 1.67. The maximum Gasteiger partial charge on any atom is 0.223 e. The molecule has 1 atom stereocenters. The Morgan fingerprint density at radius 3 is 2.71 bits per heavy atom. The Hall–Kier alpha value is -3.02. The molecule has 0 radical (unpaired) electrons. The number of carbonyl (C=O) groups is 1. The van der Waals surface area contributed by atoms with E-state index in [1.165, 1.54) is 5.69 Å². The van der Waals surface area contributed by atoms with Crippen LogP contribution in [0.3, 0.4) is 0 Å². The molecule has 2 aromatic heterocycles. The molecule has 0 bridgehead atoms. The number of aryl methyl sites for hydroxylation is 1. The van der Waals surface area contributed by atoms with E-state index in [9.17, 15) is 4.79 Å². The quantitative estimate of drug-likeness (QED) is 0.685. The van der Waals surface area contributed by atoms with Crippen molar-refractivity contribution in [2.45, 2.75) is 25.8 Å². The molecule has 1 aromatic carbocycles. The molecular formula is C22H26N4O2. The van der Waals surface area contributed by atoms with Gasteiger partial charge in [-0.15, -0.1) is 0 Å². The number of piperazine rings is 1. The Kier molecular flexibility index (Phi) is 5.19. The minimum absolute atomic E-state index is 0.185. The predicted octanol–water partition coefficient (Wildman–Crippen LogP) is 3.01. The third-order valence-corrected chi connectivity index (χ3v) is 5.39. The second-order valence-corrected chi connectivity index (χ2v) is 7.28. The zero-order valence-electron chi connectivity index (χ0n) is 16.4. The average molecular weight is 378 g/mol. The first-order valence-corrected chi connectivity index (χ1v) is 9.75. The lowest BCUT2D eigenvalue weighted by atomic mass is 10.1. The van der Waals surface area contributed by atoms with Crippen molar-refractivity contribution in [3.8, 4) is 5.75 Å². The third kappa shape index (κ3) is 3.81. The van der Waals surface area contributed by atoms with Gasteiger partial charge in [-0.3, -0.25) is 4.79 Å². The number of benzene rings is 1. The first kappa shape index (κ1) is 18.3. The predicted molar refractivity (Wildman–Crippen MR) is 110 cm³/mol. The molecule has 6 heteroatoms. The van der Waals surface area contributed by atoms with E-state index in [1.807, 2.05) is 52.0 Å². The van der Waals surface area contributed by atoms with E-state index in [-0.39, 0.29) is 11.9 Å². The largest absolute Gasteiger partial charge is 0.497 e. The van der Waals surface area contributed by atoms with Crippen molar-refractivity contribution in [2.24, 2.45) is 0 Å². The van der Waals surface area contributed by atoms with Crippen molar-refractivity contribution in [3.63, 3.8) is 0 Å². The summed E-state index contributed by atoms with van der Waals surface area (Å²) in [6.07, 6.45) is 5.16. The Labute approximate surface area is 165 Å². The second-order valence-electron chi connectivity index (χ2n) is 7.28. The Balaban J connectivity index is 1.33. The molecule has 3 heterocycles. The van der Waals surface area contributed by atoms with Gasteiger partial charge in [-0.25, -0.2) is 4.98 Å². The molecule has 0 spiro atoms. The zero-order valence-corrected chi connectivity index (χ0v) is 16.4. The van der Waals surface area contributed by atoms with Gasteiger partial charge in [0.2, 0.25) is 5.91 Å². The van der Waals surface area contributed by atoms with Crippen molar-refractivity contribution in [3.05, 3.63) is 60.6 Å². The number of methoxy groups -OCH3 is 1. The lowest BCUT2D eigenvalue weighted by Gasteiger charge is -2.41. The molecular weight excluding hydrogens is 352 g/mol. The van der Waals surface area contributed by atoms with Gasteiger partial charge in [0.1, 0.15) is 11.4 Å². The van der Waals surface area contributed by atoms with Crippen LogP contribution in [0.2, 0.25) is 0 Å². The Morgan fingerprint density at radius 2 is 2.00 bits per heavy atom. The summed E-state index contributed by atoms with van der Waals surface area (Å²) in [5.74, 6) is 1.07. The lowest BCUT2D eigenvalue weighted by Crippen LogP contribution is -2.54. The molecule has 1 aliphatic rings. The fraction of sp³-hybridized carbons (Fsp3) is 0.364. The van der Waals surface area contributed by atoms with Gasteiger partial charge in [0.15, 0.2) is 0 Å². The molecule has 1 amide bonds. The second kappa shape index (κ2) is 7.92. The van der Waals surface area contributed by atoms with Crippen molar-refractivity contribution in [1.29, 1.82) is 0 Å². The number of imidazole rings is 1. The van der Waals surface area contributed by atoms with Crippen molar-refractivity contribution in [1.82, 2.24) is 14.3 Å². The number of aromatic nitrogens is 2. The van der Waals surface area contributed by atoms with Crippen LogP contribution in [0.1, 0.15) is 19.0 Å². The SMILES string of the molecule is COc1ccc(N2CCN(C(=O)CCc3cn4ccccc4n3)[C@@H](C)C2)cc1. The van der Waals surface area contributed by atoms with Crippen LogP contribution in [-0.2, 0) is 11.2 Å². The Morgan fingerprint density at radius 1 is 1.18 bits per heavy atom. The monoisotopic (exact) mass is 378 g/mol. The number of ether oxygens (including phenoxy) is 1. The number of pyridine rings is 1. The topological polar surface area (TPSA) is 50.1 Å². The van der Waals surface area contributed by atoms with Gasteiger partial charge in [-0.05, 0) is 49.7 Å². The zero-order chi connectivity index (χ0) is 19.5. The van der Waals surface area contributed by atoms with Crippen LogP contribution in [0.4, 0.5) is 5.69 Å². The number of rotatable bonds is 5. The van der Waals surface area contributed by atoms with Gasteiger partial charge in [0.05, 0.1) is 12.8 Å². The van der Waals surface area contributed by atoms with Crippen LogP contribution in [0, 0.1) is 0 Å². The Bertz CT molecular complexity index is 918. The maximum absolute atomic E-state index is 12.8. The van der Waals surface area contributed by atoms with E-state index in [1.54, 1.807) is 7.11 Å². The molecule has 28 heavy (non-hydrogen) atoms. The van der Waals surface area contributed by atoms with Crippen LogP contribution < -0.4 is 9.64 Å². The number of hydrogen-bond donors (Lipinski definition) is 0. The fourth-order valence-electron chi connectivity index (χ4n) is 3.84. The van der Waals surface area contributed by atoms with Crippen LogP contribution in [0.25, 0.3) is 5.65 Å². The summed E-state index contributed by atoms with van der Waals surface area (Å²) in [5.41, 5.74) is 3.06. The summed E-state index contributed by atoms with van der Waals surface area (Å²) < 4.78 is 7.23. The van der Waals surface area contributed by atoms with Gasteiger partial charge in [-0.2, -0.15) is 0 Å². The molecule has 3 aromatic rings. The highest BCUT2D eigenvalue weighted by Gasteiger charge is 2.27. The van der Waals surface area contributed by atoms with E-state index in [2.05, 4.69) is 28.9 Å². The average Bonchev–Trinajstić information content (AvgIpc) is 3.15. The first-order valence-electron chi connectivity index (χ1n) is 9.75. The molecule has 6 nitrogen and oxygen atoms in total. The van der Waals surface area contributed by atoms with Crippen LogP contribution in [-0.4, -0.2) is 53.0 Å². The van der Waals surface area contributed by atoms with Gasteiger partial charge in [0.25, 0.3) is 0 Å². The normalized spacial score (nSPS) is 17.1. The summed E-state index contributed by atoms with van der Waals surface area (Å²) in [4.78, 5) is 21.7. The highest BCUT2D eigenvalue weighted by molar-refractivity contribution is 5.77. The van der Waals surface area contributed by atoms with Crippen LogP contribution in [0.15, 0.2) is 54.9 Å². The first-order chi connectivity index (χ1) is 13.6. The summed E-state index contributed by atoms with van der Waals surface area (Å²) in [5, 5.41) is 0. The standard InChI is InChI=1S/C22H26N4O2/c1-17-15-24(19-7-9-20(28-2)10-8-19)13-14-26(17)22(27)11-6-18-16-25-12-4-3-5-21(25)23-18/h3-5,7-10,12,16-17H,6,11,13-15H2,1-2H3/t17-/m0/s1. The molecule has 0 aliphatic carbocycles. The van der Waals surface area contributed by atoms with E-state index in [0.717, 1.165) is 36.7 Å². The molecule has 1 saturated heterocycles. The number of hydrogen-bond acceptors (Lipinski definition) is 4. The number of carbonyl (C=O) groups excluding carboxylic acids is 1. The third-order valence-electron chi connectivity index (χ3n) is 5.39. The maximum atomic E-state index is 12.8. The minimum Gasteiger partial charge on any atom is -0.497 e. The van der Waals surface area contributed by atoms with Gasteiger partial charge < -0.3 is 18.9 Å². The van der Waals surface area contributed by atoms with Crippen molar-refractivity contribution < 1.29 is 9.53 Å². The van der Waals surface area contributed by atoms with Gasteiger partial charge in [0, 0.05) is 50.2 Å². The molecule has 1 fully saturated rings.